The molecule has 3 unspecified atom stereocenters. The Hall–Kier alpha value is -3.52. The number of nitro groups is 1. The largest absolute Gasteiger partial charge is 0.465 e. The standard InChI is InChI=1S/C27H29ClN2O6/c1-4-35-26(31)23-17(3)29-22(15-14-21(28)18-10-7-6-8-11-18)25(27(32)36-5-2)24(23)19-12-9-13-20(16-19)30(33)34/h6-13,16,21,23-24H,4-5,14-15H2,1-3H3. The number of rotatable bonds is 10. The van der Waals surface area contributed by atoms with Gasteiger partial charge in [0.15, 0.2) is 0 Å². The Morgan fingerprint density at radius 2 is 1.78 bits per heavy atom. The van der Waals surface area contributed by atoms with Crippen molar-refractivity contribution < 1.29 is 24.0 Å². The van der Waals surface area contributed by atoms with E-state index in [2.05, 4.69) is 4.99 Å². The van der Waals surface area contributed by atoms with Crippen molar-refractivity contribution in [1.82, 2.24) is 0 Å². The van der Waals surface area contributed by atoms with E-state index in [0.717, 1.165) is 5.56 Å². The molecular formula is C27H29ClN2O6. The van der Waals surface area contributed by atoms with Gasteiger partial charge in [-0.05, 0) is 44.7 Å². The molecule has 0 amide bonds. The van der Waals surface area contributed by atoms with Crippen molar-refractivity contribution in [3.05, 3.63) is 87.1 Å². The maximum Gasteiger partial charge on any atom is 0.336 e. The molecule has 0 saturated heterocycles. The fourth-order valence-corrected chi connectivity index (χ4v) is 4.65. The number of carbonyl (C=O) groups is 2. The zero-order valence-electron chi connectivity index (χ0n) is 20.5. The van der Waals surface area contributed by atoms with Crippen LogP contribution in [0, 0.1) is 16.0 Å². The number of aliphatic imine (C=N–C) groups is 1. The molecule has 2 aromatic carbocycles. The first-order valence-electron chi connectivity index (χ1n) is 11.8. The molecule has 9 heteroatoms. The van der Waals surface area contributed by atoms with E-state index in [0.29, 0.717) is 29.8 Å². The number of hydrogen-bond donors (Lipinski definition) is 0. The van der Waals surface area contributed by atoms with E-state index in [1.807, 2.05) is 30.3 Å². The number of allylic oxidation sites excluding steroid dienone is 1. The maximum atomic E-state index is 13.3. The Kier molecular flexibility index (Phi) is 9.36. The summed E-state index contributed by atoms with van der Waals surface area (Å²) in [5.41, 5.74) is 2.32. The van der Waals surface area contributed by atoms with Gasteiger partial charge in [-0.3, -0.25) is 19.9 Å². The van der Waals surface area contributed by atoms with Gasteiger partial charge in [0.2, 0.25) is 0 Å². The number of ether oxygens (including phenoxy) is 2. The summed E-state index contributed by atoms with van der Waals surface area (Å²) in [6.45, 7) is 5.33. The van der Waals surface area contributed by atoms with E-state index in [1.165, 1.54) is 18.2 Å². The van der Waals surface area contributed by atoms with Crippen LogP contribution < -0.4 is 0 Å². The number of non-ortho nitro benzene ring substituents is 1. The molecule has 0 radical (unpaired) electrons. The molecular weight excluding hydrogens is 484 g/mol. The van der Waals surface area contributed by atoms with Crippen molar-refractivity contribution in [3.63, 3.8) is 0 Å². The van der Waals surface area contributed by atoms with Crippen LogP contribution in [-0.4, -0.2) is 35.8 Å². The van der Waals surface area contributed by atoms with Crippen molar-refractivity contribution >= 4 is 34.9 Å². The Morgan fingerprint density at radius 3 is 2.42 bits per heavy atom. The van der Waals surface area contributed by atoms with E-state index in [9.17, 15) is 19.7 Å². The first-order valence-corrected chi connectivity index (χ1v) is 12.3. The summed E-state index contributed by atoms with van der Waals surface area (Å²) in [5.74, 6) is -2.98. The number of esters is 2. The quantitative estimate of drug-likeness (QED) is 0.169. The molecule has 0 aliphatic carbocycles. The van der Waals surface area contributed by atoms with Crippen LogP contribution in [0.2, 0.25) is 0 Å². The predicted molar refractivity (Wildman–Crippen MR) is 137 cm³/mol. The van der Waals surface area contributed by atoms with Gasteiger partial charge in [0.25, 0.3) is 5.69 Å². The van der Waals surface area contributed by atoms with E-state index in [-0.39, 0.29) is 29.9 Å². The second-order valence-corrected chi connectivity index (χ2v) is 8.84. The molecule has 1 aliphatic rings. The number of benzene rings is 2. The molecule has 36 heavy (non-hydrogen) atoms. The molecule has 3 atom stereocenters. The molecule has 1 aliphatic heterocycles. The zero-order chi connectivity index (χ0) is 26.2. The van der Waals surface area contributed by atoms with Crippen LogP contribution in [-0.2, 0) is 19.1 Å². The molecule has 2 aromatic rings. The molecule has 0 spiro atoms. The minimum atomic E-state index is -0.934. The fraction of sp³-hybridized carbons (Fsp3) is 0.370. The lowest BCUT2D eigenvalue weighted by atomic mass is 9.75. The number of nitrogens with zero attached hydrogens (tertiary/aromatic N) is 2. The van der Waals surface area contributed by atoms with Gasteiger partial charge in [-0.15, -0.1) is 11.6 Å². The highest BCUT2D eigenvalue weighted by Crippen LogP contribution is 2.43. The van der Waals surface area contributed by atoms with Crippen molar-refractivity contribution in [2.24, 2.45) is 10.9 Å². The lowest BCUT2D eigenvalue weighted by Crippen LogP contribution is -2.37. The lowest BCUT2D eigenvalue weighted by Gasteiger charge is -2.32. The van der Waals surface area contributed by atoms with Crippen LogP contribution >= 0.6 is 11.6 Å². The Morgan fingerprint density at radius 1 is 1.08 bits per heavy atom. The first-order chi connectivity index (χ1) is 17.3. The summed E-state index contributed by atoms with van der Waals surface area (Å²) in [4.78, 5) is 42.0. The van der Waals surface area contributed by atoms with Crippen LogP contribution in [0.25, 0.3) is 0 Å². The third-order valence-corrected chi connectivity index (χ3v) is 6.46. The average Bonchev–Trinajstić information content (AvgIpc) is 2.87. The molecule has 190 valence electrons. The SMILES string of the molecule is CCOC(=O)C1=C(CCC(Cl)c2ccccc2)N=C(C)C(C(=O)OCC)C1c1cccc([N+](=O)[O-])c1. The number of alkyl halides is 1. The molecule has 3 rings (SSSR count). The van der Waals surface area contributed by atoms with Gasteiger partial charge in [0.05, 0.1) is 34.8 Å². The number of nitro benzene ring substituents is 1. The highest BCUT2D eigenvalue weighted by atomic mass is 35.5. The second-order valence-electron chi connectivity index (χ2n) is 8.31. The van der Waals surface area contributed by atoms with Crippen LogP contribution in [0.3, 0.4) is 0 Å². The summed E-state index contributed by atoms with van der Waals surface area (Å²) < 4.78 is 10.7. The number of halogens is 1. The van der Waals surface area contributed by atoms with Crippen molar-refractivity contribution in [2.45, 2.75) is 44.9 Å². The smallest absolute Gasteiger partial charge is 0.336 e. The summed E-state index contributed by atoms with van der Waals surface area (Å²) in [6.07, 6.45) is 0.821. The molecule has 0 bridgehead atoms. The molecule has 1 heterocycles. The Labute approximate surface area is 215 Å². The normalized spacial score (nSPS) is 18.3. The Bertz CT molecular complexity index is 1180. The zero-order valence-corrected chi connectivity index (χ0v) is 21.2. The van der Waals surface area contributed by atoms with E-state index in [1.54, 1.807) is 26.8 Å². The summed E-state index contributed by atoms with van der Waals surface area (Å²) in [7, 11) is 0. The third-order valence-electron chi connectivity index (χ3n) is 5.99. The van der Waals surface area contributed by atoms with Crippen LogP contribution in [0.1, 0.15) is 56.0 Å². The maximum absolute atomic E-state index is 13.3. The second kappa shape index (κ2) is 12.4. The monoisotopic (exact) mass is 512 g/mol. The van der Waals surface area contributed by atoms with Gasteiger partial charge < -0.3 is 9.47 Å². The highest BCUT2D eigenvalue weighted by molar-refractivity contribution is 6.20. The molecule has 0 saturated carbocycles. The van der Waals surface area contributed by atoms with Crippen molar-refractivity contribution in [3.8, 4) is 0 Å². The fourth-order valence-electron chi connectivity index (χ4n) is 4.40. The van der Waals surface area contributed by atoms with Crippen LogP contribution in [0.5, 0.6) is 0 Å². The van der Waals surface area contributed by atoms with Gasteiger partial charge in [0.1, 0.15) is 5.92 Å². The number of carbonyl (C=O) groups excluding carboxylic acids is 2. The topological polar surface area (TPSA) is 108 Å². The van der Waals surface area contributed by atoms with Crippen molar-refractivity contribution in [2.75, 3.05) is 13.2 Å². The van der Waals surface area contributed by atoms with Crippen LogP contribution in [0.4, 0.5) is 5.69 Å². The van der Waals surface area contributed by atoms with Gasteiger partial charge in [-0.2, -0.15) is 0 Å². The molecule has 0 fully saturated rings. The lowest BCUT2D eigenvalue weighted by molar-refractivity contribution is -0.384. The van der Waals surface area contributed by atoms with Gasteiger partial charge in [-0.1, -0.05) is 42.5 Å². The Balaban J connectivity index is 2.12. The van der Waals surface area contributed by atoms with Crippen molar-refractivity contribution in [1.29, 1.82) is 0 Å². The minimum Gasteiger partial charge on any atom is -0.465 e. The van der Waals surface area contributed by atoms with E-state index < -0.39 is 28.7 Å². The first kappa shape index (κ1) is 27.1. The van der Waals surface area contributed by atoms with Gasteiger partial charge >= 0.3 is 11.9 Å². The summed E-state index contributed by atoms with van der Waals surface area (Å²) in [6, 6.07) is 15.5. The third kappa shape index (κ3) is 6.18. The molecule has 0 N–H and O–H groups in total. The van der Waals surface area contributed by atoms with Crippen LogP contribution in [0.15, 0.2) is 70.9 Å². The summed E-state index contributed by atoms with van der Waals surface area (Å²) >= 11 is 6.64. The van der Waals surface area contributed by atoms with E-state index >= 15 is 0 Å². The highest BCUT2D eigenvalue weighted by Gasteiger charge is 2.43. The predicted octanol–water partition coefficient (Wildman–Crippen LogP) is 5.91. The van der Waals surface area contributed by atoms with Gasteiger partial charge in [-0.25, -0.2) is 4.79 Å². The average molecular weight is 513 g/mol. The molecule has 8 nitrogen and oxygen atoms in total. The minimum absolute atomic E-state index is 0.117. The van der Waals surface area contributed by atoms with Gasteiger partial charge in [0, 0.05) is 23.8 Å². The van der Waals surface area contributed by atoms with E-state index in [4.69, 9.17) is 21.1 Å². The number of hydrogen-bond acceptors (Lipinski definition) is 7. The molecule has 0 aromatic heterocycles. The summed E-state index contributed by atoms with van der Waals surface area (Å²) in [5, 5.41) is 11.2.